The van der Waals surface area contributed by atoms with Crippen molar-refractivity contribution in [3.8, 4) is 5.69 Å². The molecule has 2 N–H and O–H groups in total. The number of aromatic amines is 1. The second kappa shape index (κ2) is 8.21. The Hall–Kier alpha value is -3.23. The van der Waals surface area contributed by atoms with Gasteiger partial charge in [0.05, 0.1) is 23.8 Å². The van der Waals surface area contributed by atoms with Gasteiger partial charge in [-0.2, -0.15) is 5.10 Å². The van der Waals surface area contributed by atoms with E-state index in [-0.39, 0.29) is 23.1 Å². The van der Waals surface area contributed by atoms with Crippen LogP contribution >= 0.6 is 0 Å². The van der Waals surface area contributed by atoms with Crippen molar-refractivity contribution in [1.29, 1.82) is 0 Å². The van der Waals surface area contributed by atoms with Gasteiger partial charge in [-0.15, -0.1) is 0 Å². The Balaban J connectivity index is 1.78. The van der Waals surface area contributed by atoms with Gasteiger partial charge in [-0.25, -0.2) is 4.39 Å². The molecule has 2 aromatic heterocycles. The van der Waals surface area contributed by atoms with Crippen LogP contribution in [0.1, 0.15) is 37.9 Å². The van der Waals surface area contributed by atoms with Crippen molar-refractivity contribution in [2.45, 2.75) is 38.2 Å². The topological polar surface area (TPSA) is 83.4 Å². The minimum Gasteiger partial charge on any atom is -0.384 e. The highest BCUT2D eigenvalue weighted by Crippen LogP contribution is 2.44. The Morgan fingerprint density at radius 1 is 1.29 bits per heavy atom. The summed E-state index contributed by atoms with van der Waals surface area (Å²) in [5.74, 6) is -0.452. The van der Waals surface area contributed by atoms with Crippen molar-refractivity contribution in [2.75, 3.05) is 26.8 Å². The van der Waals surface area contributed by atoms with Crippen LogP contribution in [0.2, 0.25) is 0 Å². The predicted molar refractivity (Wildman–Crippen MR) is 129 cm³/mol. The van der Waals surface area contributed by atoms with Gasteiger partial charge in [-0.1, -0.05) is 13.8 Å². The lowest BCUT2D eigenvalue weighted by molar-refractivity contribution is -0.143. The molecular formula is C26H29FN4O3. The molecule has 8 heteroatoms. The van der Waals surface area contributed by atoms with E-state index in [2.05, 4.69) is 40.7 Å². The quantitative estimate of drug-likeness (QED) is 0.454. The molecule has 1 aliphatic heterocycles. The standard InChI is InChI=1S/C26H29FN4O3/c1-15(32)25(33)30-12-17(13-30)23-20-10-21-16(11-28-29-21)9-22(20)31(19-7-5-18(27)6-8-19)24(23)26(2,3)14-34-4/h5-11,15,17,32H,12-14H2,1-4H3,(H,28,29)/t15-/m0/s1. The van der Waals surface area contributed by atoms with E-state index in [1.165, 1.54) is 19.1 Å². The third-order valence-electron chi connectivity index (χ3n) is 6.76. The van der Waals surface area contributed by atoms with E-state index >= 15 is 0 Å². The molecule has 0 unspecified atom stereocenters. The molecule has 1 saturated heterocycles. The monoisotopic (exact) mass is 464 g/mol. The second-order valence-corrected chi connectivity index (χ2v) is 9.83. The molecule has 1 amide bonds. The first-order valence-electron chi connectivity index (χ1n) is 11.4. The highest BCUT2D eigenvalue weighted by Gasteiger charge is 2.40. The first-order valence-corrected chi connectivity index (χ1v) is 11.4. The molecule has 0 spiro atoms. The fourth-order valence-electron chi connectivity index (χ4n) is 5.22. The van der Waals surface area contributed by atoms with Gasteiger partial charge in [0.15, 0.2) is 0 Å². The fraction of sp³-hybridized carbons (Fsp3) is 0.385. The van der Waals surface area contributed by atoms with Crippen LogP contribution in [-0.4, -0.2) is 63.6 Å². The van der Waals surface area contributed by atoms with Gasteiger partial charge in [-0.3, -0.25) is 9.89 Å². The Kier molecular flexibility index (Phi) is 5.45. The zero-order chi connectivity index (χ0) is 24.2. The Morgan fingerprint density at radius 3 is 2.65 bits per heavy atom. The largest absolute Gasteiger partial charge is 0.384 e. The van der Waals surface area contributed by atoms with Crippen molar-refractivity contribution < 1.29 is 19.0 Å². The van der Waals surface area contributed by atoms with Crippen molar-refractivity contribution in [2.24, 2.45) is 0 Å². The molecular weight excluding hydrogens is 435 g/mol. The van der Waals surface area contributed by atoms with Gasteiger partial charge in [0.25, 0.3) is 5.91 Å². The summed E-state index contributed by atoms with van der Waals surface area (Å²) in [6, 6.07) is 10.7. The van der Waals surface area contributed by atoms with Crippen LogP contribution in [-0.2, 0) is 14.9 Å². The number of carbonyl (C=O) groups excluding carboxylic acids is 1. The van der Waals surface area contributed by atoms with Gasteiger partial charge >= 0.3 is 0 Å². The van der Waals surface area contributed by atoms with Gasteiger partial charge < -0.3 is 19.3 Å². The van der Waals surface area contributed by atoms with E-state index in [1.54, 1.807) is 30.3 Å². The number of hydrogen-bond donors (Lipinski definition) is 2. The number of nitrogens with one attached hydrogen (secondary N) is 1. The lowest BCUT2D eigenvalue weighted by atomic mass is 9.80. The van der Waals surface area contributed by atoms with Crippen LogP contribution in [0.25, 0.3) is 27.5 Å². The number of likely N-dealkylation sites (tertiary alicyclic amines) is 1. The van der Waals surface area contributed by atoms with E-state index < -0.39 is 6.10 Å². The van der Waals surface area contributed by atoms with E-state index in [4.69, 9.17) is 4.74 Å². The van der Waals surface area contributed by atoms with Crippen LogP contribution in [0.5, 0.6) is 0 Å². The SMILES string of the molecule is COCC(C)(C)c1c(C2CN(C(=O)[C@H](C)O)C2)c2cc3[nH]ncc3cc2n1-c1ccc(F)cc1. The van der Waals surface area contributed by atoms with Crippen molar-refractivity contribution >= 4 is 27.7 Å². The van der Waals surface area contributed by atoms with Crippen LogP contribution in [0.3, 0.4) is 0 Å². The minimum atomic E-state index is -1.02. The molecule has 0 radical (unpaired) electrons. The van der Waals surface area contributed by atoms with E-state index in [0.29, 0.717) is 19.7 Å². The molecule has 178 valence electrons. The molecule has 5 rings (SSSR count). The Bertz CT molecular complexity index is 1360. The molecule has 0 aliphatic carbocycles. The summed E-state index contributed by atoms with van der Waals surface area (Å²) in [5.41, 5.74) is 4.62. The Labute approximate surface area is 197 Å². The predicted octanol–water partition coefficient (Wildman–Crippen LogP) is 3.88. The fourth-order valence-corrected chi connectivity index (χ4v) is 5.22. The average molecular weight is 465 g/mol. The van der Waals surface area contributed by atoms with Gasteiger partial charge in [-0.05, 0) is 48.9 Å². The van der Waals surface area contributed by atoms with Crippen LogP contribution in [0.15, 0.2) is 42.6 Å². The van der Waals surface area contributed by atoms with E-state index in [0.717, 1.165) is 38.8 Å². The summed E-state index contributed by atoms with van der Waals surface area (Å²) < 4.78 is 21.6. The number of methoxy groups -OCH3 is 1. The third-order valence-corrected chi connectivity index (χ3v) is 6.76. The summed E-state index contributed by atoms with van der Waals surface area (Å²) in [6.07, 6.45) is 0.776. The number of nitrogens with zero attached hydrogens (tertiary/aromatic N) is 3. The van der Waals surface area contributed by atoms with E-state index in [1.807, 2.05) is 0 Å². The first kappa shape index (κ1) is 22.6. The third kappa shape index (κ3) is 3.58. The van der Waals surface area contributed by atoms with E-state index in [9.17, 15) is 14.3 Å². The number of amides is 1. The lowest BCUT2D eigenvalue weighted by Crippen LogP contribution is -2.52. The number of fused-ring (bicyclic) bond motifs is 2. The number of carbonyl (C=O) groups is 1. The molecule has 2 aromatic carbocycles. The highest BCUT2D eigenvalue weighted by molar-refractivity contribution is 5.99. The number of H-pyrrole nitrogens is 1. The first-order chi connectivity index (χ1) is 16.2. The zero-order valence-electron chi connectivity index (χ0n) is 19.8. The maximum absolute atomic E-state index is 13.8. The molecule has 1 aliphatic rings. The number of benzene rings is 2. The normalized spacial score (nSPS) is 15.8. The highest BCUT2D eigenvalue weighted by atomic mass is 19.1. The van der Waals surface area contributed by atoms with Gasteiger partial charge in [0, 0.05) is 53.7 Å². The molecule has 1 atom stereocenters. The summed E-state index contributed by atoms with van der Waals surface area (Å²) in [6.45, 7) is 7.32. The number of rotatable bonds is 6. The molecule has 0 bridgehead atoms. The molecule has 34 heavy (non-hydrogen) atoms. The number of aromatic nitrogens is 3. The number of aliphatic hydroxyl groups is 1. The van der Waals surface area contributed by atoms with Crippen molar-refractivity contribution in [3.63, 3.8) is 0 Å². The molecule has 1 fully saturated rings. The summed E-state index contributed by atoms with van der Waals surface area (Å²) in [7, 11) is 1.69. The second-order valence-electron chi connectivity index (χ2n) is 9.83. The molecule has 3 heterocycles. The summed E-state index contributed by atoms with van der Waals surface area (Å²) >= 11 is 0. The molecule has 4 aromatic rings. The maximum Gasteiger partial charge on any atom is 0.251 e. The number of aliphatic hydroxyl groups excluding tert-OH is 1. The van der Waals surface area contributed by atoms with Gasteiger partial charge in [0.1, 0.15) is 11.9 Å². The molecule has 7 nitrogen and oxygen atoms in total. The number of hydrogen-bond acceptors (Lipinski definition) is 4. The maximum atomic E-state index is 13.8. The van der Waals surface area contributed by atoms with Crippen LogP contribution in [0.4, 0.5) is 4.39 Å². The number of ether oxygens (including phenoxy) is 1. The zero-order valence-corrected chi connectivity index (χ0v) is 19.8. The van der Waals surface area contributed by atoms with Crippen molar-refractivity contribution in [1.82, 2.24) is 19.7 Å². The van der Waals surface area contributed by atoms with Crippen molar-refractivity contribution in [3.05, 3.63) is 59.7 Å². The summed E-state index contributed by atoms with van der Waals surface area (Å²) in [5, 5.41) is 19.1. The van der Waals surface area contributed by atoms with Gasteiger partial charge in [0.2, 0.25) is 0 Å². The average Bonchev–Trinajstić information content (AvgIpc) is 3.34. The Morgan fingerprint density at radius 2 is 2.00 bits per heavy atom. The lowest BCUT2D eigenvalue weighted by Gasteiger charge is -2.42. The number of halogens is 1. The minimum absolute atomic E-state index is 0.0957. The van der Waals surface area contributed by atoms with Crippen LogP contribution in [0, 0.1) is 5.82 Å². The summed E-state index contributed by atoms with van der Waals surface area (Å²) in [4.78, 5) is 14.0. The smallest absolute Gasteiger partial charge is 0.251 e. The molecule has 0 saturated carbocycles. The van der Waals surface area contributed by atoms with Crippen LogP contribution < -0.4 is 0 Å².